The molecule has 3 amide bonds. The lowest BCUT2D eigenvalue weighted by Crippen LogP contribution is -2.30. The van der Waals surface area contributed by atoms with Crippen LogP contribution in [0.1, 0.15) is 26.7 Å². The fourth-order valence-corrected chi connectivity index (χ4v) is 6.31. The van der Waals surface area contributed by atoms with E-state index in [0.29, 0.717) is 16.9 Å². The van der Waals surface area contributed by atoms with Gasteiger partial charge in [0.25, 0.3) is 11.8 Å². The van der Waals surface area contributed by atoms with Crippen molar-refractivity contribution in [1.29, 1.82) is 0 Å². The van der Waals surface area contributed by atoms with Gasteiger partial charge < -0.3 is 20.9 Å². The predicted octanol–water partition coefficient (Wildman–Crippen LogP) is 6.28. The number of rotatable bonds is 12. The molecule has 1 unspecified atom stereocenters. The molecule has 5 rings (SSSR count). The quantitative estimate of drug-likeness (QED) is 0.0881. The van der Waals surface area contributed by atoms with Gasteiger partial charge in [-0.15, -0.1) is 11.8 Å². The summed E-state index contributed by atoms with van der Waals surface area (Å²) in [4.78, 5) is 42.7. The van der Waals surface area contributed by atoms with Gasteiger partial charge in [-0.2, -0.15) is 0 Å². The molecule has 254 valence electrons. The number of benzene rings is 5. The van der Waals surface area contributed by atoms with Crippen molar-refractivity contribution in [2.75, 3.05) is 29.6 Å². The van der Waals surface area contributed by atoms with Gasteiger partial charge in [-0.25, -0.2) is 13.6 Å². The number of nitrogens with two attached hydrogens (primary N) is 1. The summed E-state index contributed by atoms with van der Waals surface area (Å²) in [6.07, 6.45) is 1.62. The molecule has 0 aliphatic carbocycles. The smallest absolute Gasteiger partial charge is 0.272 e. The summed E-state index contributed by atoms with van der Waals surface area (Å²) in [5.74, 6) is -1.25. The van der Waals surface area contributed by atoms with E-state index in [1.54, 1.807) is 60.7 Å². The van der Waals surface area contributed by atoms with Crippen molar-refractivity contribution in [1.82, 2.24) is 5.32 Å². The van der Waals surface area contributed by atoms with Crippen LogP contribution in [0.4, 0.5) is 17.1 Å². The van der Waals surface area contributed by atoms with E-state index >= 15 is 0 Å². The van der Waals surface area contributed by atoms with Crippen LogP contribution in [0.2, 0.25) is 0 Å². The molecule has 0 radical (unpaired) electrons. The number of amides is 3. The van der Waals surface area contributed by atoms with E-state index < -0.39 is 27.1 Å². The third kappa shape index (κ3) is 9.69. The average Bonchev–Trinajstić information content (AvgIpc) is 3.11. The summed E-state index contributed by atoms with van der Waals surface area (Å²) in [5.41, 5.74) is 3.85. The molecule has 5 aromatic rings. The van der Waals surface area contributed by atoms with Gasteiger partial charge >= 0.3 is 0 Å². The van der Waals surface area contributed by atoms with Crippen LogP contribution in [0.5, 0.6) is 0 Å². The lowest BCUT2D eigenvalue weighted by atomic mass is 10.1. The number of hydrogen-bond acceptors (Lipinski definition) is 7. The van der Waals surface area contributed by atoms with Crippen molar-refractivity contribution >= 4 is 62.6 Å². The summed E-state index contributed by atoms with van der Waals surface area (Å²) in [6.45, 7) is 0. The molecule has 0 fully saturated rings. The Morgan fingerprint density at radius 1 is 0.720 bits per heavy atom. The van der Waals surface area contributed by atoms with Crippen molar-refractivity contribution in [3.63, 3.8) is 0 Å². The summed E-state index contributed by atoms with van der Waals surface area (Å²) in [5, 5.41) is 13.0. The Balaban J connectivity index is 1.32. The van der Waals surface area contributed by atoms with Crippen LogP contribution < -0.4 is 26.0 Å². The number of thioether (sulfide) groups is 1. The molecule has 0 aliphatic rings. The third-order valence-corrected chi connectivity index (χ3v) is 9.60. The number of sulfonamides is 1. The molecule has 50 heavy (non-hydrogen) atoms. The maximum absolute atomic E-state index is 13.5. The van der Waals surface area contributed by atoms with Gasteiger partial charge in [-0.3, -0.25) is 14.4 Å². The number of carbonyl (C=O) groups excluding carboxylic acids is 3. The maximum atomic E-state index is 13.5. The lowest BCUT2D eigenvalue weighted by molar-refractivity contribution is -0.116. The highest BCUT2D eigenvalue weighted by Gasteiger charge is 2.23. The Kier molecular flexibility index (Phi) is 11.5. The summed E-state index contributed by atoms with van der Waals surface area (Å²) < 4.78 is 23.2. The molecule has 0 spiro atoms. The van der Waals surface area contributed by atoms with Gasteiger partial charge in [0.1, 0.15) is 10.9 Å². The van der Waals surface area contributed by atoms with Gasteiger partial charge in [0.15, 0.2) is 0 Å². The molecule has 0 bridgehead atoms. The van der Waals surface area contributed by atoms with E-state index in [2.05, 4.69) is 16.0 Å². The standard InChI is InChI=1S/C38H35N5O5S2/c1-43(2)31-19-13-26(14-20-31)25-34(42-36(44)28-11-7-4-8-12-28)37(45)40-29-15-21-32(22-16-29)49-35(27-9-5-3-6-10-27)38(46)41-30-17-23-33(24-18-30)50(39,47)48/h3-25,35H,1-2H3,(H,40,45)(H,41,46)(H,42,44)(H2,39,47,48)/b34-25-. The van der Waals surface area contributed by atoms with Crippen molar-refractivity contribution in [2.24, 2.45) is 5.14 Å². The minimum Gasteiger partial charge on any atom is -0.378 e. The Morgan fingerprint density at radius 3 is 1.86 bits per heavy atom. The van der Waals surface area contributed by atoms with E-state index in [1.807, 2.05) is 73.6 Å². The SMILES string of the molecule is CN(C)c1ccc(/C=C(\NC(=O)c2ccccc2)C(=O)Nc2ccc(SC(C(=O)Nc3ccc(S(N)(=O)=O)cc3)c3ccccc3)cc2)cc1. The predicted molar refractivity (Wildman–Crippen MR) is 199 cm³/mol. The maximum Gasteiger partial charge on any atom is 0.272 e. The monoisotopic (exact) mass is 705 g/mol. The number of anilines is 3. The normalized spacial score (nSPS) is 12.0. The first-order valence-electron chi connectivity index (χ1n) is 15.4. The van der Waals surface area contributed by atoms with Gasteiger partial charge in [-0.05, 0) is 90.0 Å². The summed E-state index contributed by atoms with van der Waals surface area (Å²) >= 11 is 1.31. The van der Waals surface area contributed by atoms with Crippen molar-refractivity contribution < 1.29 is 22.8 Å². The lowest BCUT2D eigenvalue weighted by Gasteiger charge is -2.18. The minimum atomic E-state index is -3.87. The highest BCUT2D eigenvalue weighted by molar-refractivity contribution is 8.00. The Labute approximate surface area is 295 Å². The Morgan fingerprint density at radius 2 is 1.28 bits per heavy atom. The molecule has 0 heterocycles. The van der Waals surface area contributed by atoms with Crippen LogP contribution >= 0.6 is 11.8 Å². The van der Waals surface area contributed by atoms with Crippen LogP contribution in [0.15, 0.2) is 149 Å². The van der Waals surface area contributed by atoms with E-state index in [9.17, 15) is 22.8 Å². The molecule has 5 N–H and O–H groups in total. The second-order valence-electron chi connectivity index (χ2n) is 11.3. The Bertz CT molecular complexity index is 2090. The van der Waals surface area contributed by atoms with Gasteiger partial charge in [0.05, 0.1) is 4.90 Å². The molecule has 0 saturated carbocycles. The second kappa shape index (κ2) is 16.1. The van der Waals surface area contributed by atoms with Crippen LogP contribution in [-0.4, -0.2) is 40.2 Å². The highest BCUT2D eigenvalue weighted by atomic mass is 32.2. The Hall–Kier alpha value is -5.69. The molecule has 1 atom stereocenters. The van der Waals surface area contributed by atoms with Crippen molar-refractivity contribution in [2.45, 2.75) is 15.0 Å². The van der Waals surface area contributed by atoms with Gasteiger partial charge in [-0.1, -0.05) is 60.7 Å². The van der Waals surface area contributed by atoms with Gasteiger partial charge in [0.2, 0.25) is 15.9 Å². The van der Waals surface area contributed by atoms with E-state index in [-0.39, 0.29) is 16.5 Å². The number of primary sulfonamides is 1. The summed E-state index contributed by atoms with van der Waals surface area (Å²) in [6, 6.07) is 38.1. The van der Waals surface area contributed by atoms with E-state index in [1.165, 1.54) is 36.0 Å². The number of nitrogens with one attached hydrogen (secondary N) is 3. The highest BCUT2D eigenvalue weighted by Crippen LogP contribution is 2.37. The zero-order valence-corrected chi connectivity index (χ0v) is 28.9. The molecule has 0 aromatic heterocycles. The number of carbonyl (C=O) groups is 3. The van der Waals surface area contributed by atoms with Gasteiger partial charge in [0, 0.05) is 41.6 Å². The summed E-state index contributed by atoms with van der Waals surface area (Å²) in [7, 11) is 0.00453. The van der Waals surface area contributed by atoms with E-state index in [0.717, 1.165) is 21.7 Å². The number of nitrogens with zero attached hydrogens (tertiary/aromatic N) is 1. The average molecular weight is 706 g/mol. The largest absolute Gasteiger partial charge is 0.378 e. The molecular formula is C38H35N5O5S2. The van der Waals surface area contributed by atoms with Crippen LogP contribution in [0, 0.1) is 0 Å². The topological polar surface area (TPSA) is 151 Å². The third-order valence-electron chi connectivity index (χ3n) is 7.41. The molecule has 0 aliphatic heterocycles. The zero-order valence-electron chi connectivity index (χ0n) is 27.2. The minimum absolute atomic E-state index is 0.0588. The first-order chi connectivity index (χ1) is 24.0. The first-order valence-corrected chi connectivity index (χ1v) is 17.8. The molecule has 5 aromatic carbocycles. The second-order valence-corrected chi connectivity index (χ2v) is 14.0. The fourth-order valence-electron chi connectivity index (χ4n) is 4.77. The zero-order chi connectivity index (χ0) is 35.7. The van der Waals surface area contributed by atoms with Crippen LogP contribution in [-0.2, 0) is 19.6 Å². The molecule has 12 heteroatoms. The van der Waals surface area contributed by atoms with E-state index in [4.69, 9.17) is 5.14 Å². The molecular weight excluding hydrogens is 671 g/mol. The fraction of sp³-hybridized carbons (Fsp3) is 0.0789. The number of hydrogen-bond donors (Lipinski definition) is 4. The van der Waals surface area contributed by atoms with Crippen LogP contribution in [0.3, 0.4) is 0 Å². The molecule has 10 nitrogen and oxygen atoms in total. The first kappa shape index (κ1) is 35.6. The van der Waals surface area contributed by atoms with Crippen molar-refractivity contribution in [3.8, 4) is 0 Å². The van der Waals surface area contributed by atoms with Crippen molar-refractivity contribution in [3.05, 3.63) is 156 Å². The molecule has 0 saturated heterocycles. The van der Waals surface area contributed by atoms with Crippen LogP contribution in [0.25, 0.3) is 6.08 Å².